The molecule has 3 rings (SSSR count). The maximum Gasteiger partial charge on any atom is 0.272 e. The Morgan fingerprint density at radius 3 is 2.81 bits per heavy atom. The number of hydrogen-bond donors (Lipinski definition) is 1. The Hall–Kier alpha value is -2.07. The molecule has 0 saturated carbocycles. The number of nitrogens with one attached hydrogen (secondary N) is 1. The highest BCUT2D eigenvalue weighted by molar-refractivity contribution is 6.34. The first-order valence-corrected chi connectivity index (χ1v) is 8.56. The summed E-state index contributed by atoms with van der Waals surface area (Å²) >= 11 is 6.48. The zero-order valence-electron chi connectivity index (χ0n) is 13.9. The number of halogens is 4. The standard InChI is InChI=1S/C19H17ClF3N3/c20-18-15(10-26-7-6-25-11-19(22,23)12-26)2-1-3-16(18)13-4-5-14(9-24)17(21)8-13/h1-5,8,25H,6-7,10-12H2. The minimum absolute atomic E-state index is 0.0414. The highest BCUT2D eigenvalue weighted by atomic mass is 35.5. The van der Waals surface area contributed by atoms with Crippen LogP contribution in [0.5, 0.6) is 0 Å². The molecule has 0 spiro atoms. The Morgan fingerprint density at radius 1 is 1.27 bits per heavy atom. The lowest BCUT2D eigenvalue weighted by Crippen LogP contribution is -2.38. The van der Waals surface area contributed by atoms with Gasteiger partial charge in [-0.1, -0.05) is 35.9 Å². The van der Waals surface area contributed by atoms with Crippen molar-refractivity contribution in [1.29, 1.82) is 5.26 Å². The monoisotopic (exact) mass is 379 g/mol. The van der Waals surface area contributed by atoms with Crippen LogP contribution in [0.3, 0.4) is 0 Å². The van der Waals surface area contributed by atoms with Gasteiger partial charge >= 0.3 is 0 Å². The Balaban J connectivity index is 1.88. The molecule has 1 aliphatic rings. The fraction of sp³-hybridized carbons (Fsp3) is 0.316. The lowest BCUT2D eigenvalue weighted by atomic mass is 10.0. The van der Waals surface area contributed by atoms with E-state index in [9.17, 15) is 13.2 Å². The molecule has 7 heteroatoms. The van der Waals surface area contributed by atoms with Gasteiger partial charge in [-0.3, -0.25) is 4.90 Å². The maximum absolute atomic E-state index is 13.9. The van der Waals surface area contributed by atoms with Gasteiger partial charge in [0.15, 0.2) is 0 Å². The molecule has 3 nitrogen and oxygen atoms in total. The van der Waals surface area contributed by atoms with Crippen LogP contribution in [0.2, 0.25) is 5.02 Å². The van der Waals surface area contributed by atoms with Crippen molar-refractivity contribution in [2.45, 2.75) is 12.5 Å². The highest BCUT2D eigenvalue weighted by Gasteiger charge is 2.33. The predicted molar refractivity (Wildman–Crippen MR) is 94.7 cm³/mol. The molecule has 1 saturated heterocycles. The SMILES string of the molecule is N#Cc1ccc(-c2cccc(CN3CCNCC(F)(F)C3)c2Cl)cc1F. The normalized spacial score (nSPS) is 17.5. The fourth-order valence-corrected chi connectivity index (χ4v) is 3.34. The molecule has 0 bridgehead atoms. The predicted octanol–water partition coefficient (Wildman–Crippen LogP) is 4.06. The molecule has 1 aliphatic heterocycles. The van der Waals surface area contributed by atoms with Gasteiger partial charge in [0.25, 0.3) is 5.92 Å². The topological polar surface area (TPSA) is 39.1 Å². The van der Waals surface area contributed by atoms with E-state index in [2.05, 4.69) is 5.32 Å². The summed E-state index contributed by atoms with van der Waals surface area (Å²) in [5, 5.41) is 12.0. The second-order valence-electron chi connectivity index (χ2n) is 6.33. The smallest absolute Gasteiger partial charge is 0.272 e. The van der Waals surface area contributed by atoms with Crippen LogP contribution in [0, 0.1) is 17.1 Å². The molecule has 0 radical (unpaired) electrons. The molecule has 2 aromatic carbocycles. The van der Waals surface area contributed by atoms with Crippen LogP contribution in [-0.2, 0) is 6.54 Å². The average Bonchev–Trinajstić information content (AvgIpc) is 2.77. The minimum atomic E-state index is -2.79. The molecule has 1 fully saturated rings. The van der Waals surface area contributed by atoms with Crippen molar-refractivity contribution in [1.82, 2.24) is 10.2 Å². The van der Waals surface area contributed by atoms with E-state index in [0.29, 0.717) is 34.8 Å². The number of rotatable bonds is 3. The fourth-order valence-electron chi connectivity index (χ4n) is 3.04. The minimum Gasteiger partial charge on any atom is -0.310 e. The summed E-state index contributed by atoms with van der Waals surface area (Å²) in [4.78, 5) is 1.66. The number of nitriles is 1. The first-order chi connectivity index (χ1) is 12.4. The Morgan fingerprint density at radius 2 is 2.08 bits per heavy atom. The zero-order valence-corrected chi connectivity index (χ0v) is 14.7. The average molecular weight is 380 g/mol. The summed E-state index contributed by atoms with van der Waals surface area (Å²) in [5.41, 5.74) is 1.80. The van der Waals surface area contributed by atoms with Crippen molar-refractivity contribution < 1.29 is 13.2 Å². The molecule has 1 N–H and O–H groups in total. The second kappa shape index (κ2) is 7.67. The Kier molecular flexibility index (Phi) is 5.52. The Labute approximate surface area is 155 Å². The molecular weight excluding hydrogens is 363 g/mol. The molecule has 0 atom stereocenters. The third kappa shape index (κ3) is 4.18. The van der Waals surface area contributed by atoms with Crippen LogP contribution in [0.25, 0.3) is 11.1 Å². The van der Waals surface area contributed by atoms with Crippen LogP contribution in [0.1, 0.15) is 11.1 Å². The van der Waals surface area contributed by atoms with Crippen LogP contribution in [-0.4, -0.2) is 37.0 Å². The molecule has 0 aliphatic carbocycles. The van der Waals surface area contributed by atoms with E-state index in [1.54, 1.807) is 35.2 Å². The van der Waals surface area contributed by atoms with Crippen LogP contribution >= 0.6 is 11.6 Å². The summed E-state index contributed by atoms with van der Waals surface area (Å²) in [7, 11) is 0. The summed E-state index contributed by atoms with van der Waals surface area (Å²) in [6, 6.07) is 11.3. The second-order valence-corrected chi connectivity index (χ2v) is 6.71. The zero-order chi connectivity index (χ0) is 18.7. The van der Waals surface area contributed by atoms with E-state index >= 15 is 0 Å². The number of hydrogen-bond acceptors (Lipinski definition) is 3. The van der Waals surface area contributed by atoms with Crippen molar-refractivity contribution in [3.8, 4) is 17.2 Å². The molecule has 136 valence electrons. The van der Waals surface area contributed by atoms with Gasteiger partial charge in [-0.2, -0.15) is 5.26 Å². The molecular formula is C19H17ClF3N3. The van der Waals surface area contributed by atoms with Crippen molar-refractivity contribution in [2.24, 2.45) is 0 Å². The van der Waals surface area contributed by atoms with E-state index in [0.717, 1.165) is 0 Å². The van der Waals surface area contributed by atoms with Gasteiger partial charge in [-0.15, -0.1) is 0 Å². The van der Waals surface area contributed by atoms with Gasteiger partial charge in [0.1, 0.15) is 11.9 Å². The molecule has 0 unspecified atom stereocenters. The number of nitrogens with zero attached hydrogens (tertiary/aromatic N) is 2. The van der Waals surface area contributed by atoms with Crippen molar-refractivity contribution in [2.75, 3.05) is 26.2 Å². The van der Waals surface area contributed by atoms with Crippen molar-refractivity contribution in [3.05, 3.63) is 58.4 Å². The molecule has 0 aromatic heterocycles. The van der Waals surface area contributed by atoms with Gasteiger partial charge in [0.05, 0.1) is 23.7 Å². The van der Waals surface area contributed by atoms with Gasteiger partial charge in [0, 0.05) is 25.2 Å². The van der Waals surface area contributed by atoms with Crippen LogP contribution in [0.4, 0.5) is 13.2 Å². The third-order valence-corrected chi connectivity index (χ3v) is 4.76. The number of alkyl halides is 2. The third-order valence-electron chi connectivity index (χ3n) is 4.32. The summed E-state index contributed by atoms with van der Waals surface area (Å²) in [6.07, 6.45) is 0. The molecule has 0 amide bonds. The van der Waals surface area contributed by atoms with Crippen molar-refractivity contribution in [3.63, 3.8) is 0 Å². The largest absolute Gasteiger partial charge is 0.310 e. The van der Waals surface area contributed by atoms with Crippen molar-refractivity contribution >= 4 is 11.6 Å². The highest BCUT2D eigenvalue weighted by Crippen LogP contribution is 2.32. The summed E-state index contributed by atoms with van der Waals surface area (Å²) in [5.74, 6) is -3.42. The van der Waals surface area contributed by atoms with Gasteiger partial charge < -0.3 is 5.32 Å². The molecule has 2 aromatic rings. The van der Waals surface area contributed by atoms with Gasteiger partial charge in [-0.25, -0.2) is 13.2 Å². The van der Waals surface area contributed by atoms with Crippen LogP contribution < -0.4 is 5.32 Å². The summed E-state index contributed by atoms with van der Waals surface area (Å²) in [6.45, 7) is 0.575. The van der Waals surface area contributed by atoms with E-state index in [1.807, 2.05) is 0 Å². The van der Waals surface area contributed by atoms with Crippen LogP contribution in [0.15, 0.2) is 36.4 Å². The molecule has 26 heavy (non-hydrogen) atoms. The maximum atomic E-state index is 13.9. The van der Waals surface area contributed by atoms with E-state index in [-0.39, 0.29) is 25.2 Å². The van der Waals surface area contributed by atoms with Gasteiger partial charge in [0.2, 0.25) is 0 Å². The lowest BCUT2D eigenvalue weighted by Gasteiger charge is -2.24. The van der Waals surface area contributed by atoms with E-state index < -0.39 is 11.7 Å². The summed E-state index contributed by atoms with van der Waals surface area (Å²) < 4.78 is 41.5. The lowest BCUT2D eigenvalue weighted by molar-refractivity contribution is -0.0200. The Bertz CT molecular complexity index is 848. The van der Waals surface area contributed by atoms with E-state index in [4.69, 9.17) is 16.9 Å². The molecule has 1 heterocycles. The number of benzene rings is 2. The quantitative estimate of drug-likeness (QED) is 0.874. The first kappa shape index (κ1) is 18.7. The van der Waals surface area contributed by atoms with E-state index in [1.165, 1.54) is 12.1 Å². The first-order valence-electron chi connectivity index (χ1n) is 8.18. The van der Waals surface area contributed by atoms with Gasteiger partial charge in [-0.05, 0) is 23.3 Å².